The molecule has 1 unspecified atom stereocenters. The second kappa shape index (κ2) is 9.59. The first-order chi connectivity index (χ1) is 14.3. The summed E-state index contributed by atoms with van der Waals surface area (Å²) in [5.74, 6) is -0.718. The molecule has 2 aromatic heterocycles. The van der Waals surface area contributed by atoms with Gasteiger partial charge in [-0.2, -0.15) is 0 Å². The number of benzene rings is 1. The Morgan fingerprint density at radius 1 is 1.20 bits per heavy atom. The Balaban J connectivity index is 1.78. The molecule has 156 valence electrons. The molecule has 1 amide bonds. The molecular formula is C23H24ClN3O3. The molecule has 0 fully saturated rings. The Hall–Kier alpha value is -3.12. The molecule has 0 aliphatic heterocycles. The van der Waals surface area contributed by atoms with Crippen LogP contribution in [0, 0.1) is 6.92 Å². The van der Waals surface area contributed by atoms with Gasteiger partial charge in [0.05, 0.1) is 24.3 Å². The number of aryl methyl sites for hydroxylation is 1. The van der Waals surface area contributed by atoms with E-state index in [0.717, 1.165) is 11.1 Å². The molecule has 0 aliphatic carbocycles. The van der Waals surface area contributed by atoms with Gasteiger partial charge >= 0.3 is 5.97 Å². The van der Waals surface area contributed by atoms with Gasteiger partial charge in [-0.05, 0) is 44.5 Å². The van der Waals surface area contributed by atoms with Crippen molar-refractivity contribution < 1.29 is 14.3 Å². The van der Waals surface area contributed by atoms with E-state index in [2.05, 4.69) is 10.3 Å². The fourth-order valence-corrected chi connectivity index (χ4v) is 3.28. The number of carbonyl (C=O) groups is 2. The molecule has 0 bridgehead atoms. The summed E-state index contributed by atoms with van der Waals surface area (Å²) < 4.78 is 7.05. The molecule has 0 saturated carbocycles. The van der Waals surface area contributed by atoms with E-state index in [1.807, 2.05) is 55.6 Å². The number of hydrogen-bond donors (Lipinski definition) is 1. The summed E-state index contributed by atoms with van der Waals surface area (Å²) in [5, 5.41) is 3.19. The summed E-state index contributed by atoms with van der Waals surface area (Å²) in [6.45, 7) is 5.56. The van der Waals surface area contributed by atoms with E-state index in [4.69, 9.17) is 16.3 Å². The lowest BCUT2D eigenvalue weighted by atomic mass is 10.0. The second-order valence-electron chi connectivity index (χ2n) is 7.26. The van der Waals surface area contributed by atoms with Gasteiger partial charge < -0.3 is 10.1 Å². The zero-order valence-electron chi connectivity index (χ0n) is 17.1. The lowest BCUT2D eigenvalue weighted by molar-refractivity contribution is -0.148. The van der Waals surface area contributed by atoms with Gasteiger partial charge in [0.15, 0.2) is 5.15 Å². The third-order valence-electron chi connectivity index (χ3n) is 4.45. The fourth-order valence-electron chi connectivity index (χ4n) is 3.04. The maximum Gasteiger partial charge on any atom is 0.308 e. The second-order valence-corrected chi connectivity index (χ2v) is 7.62. The number of halogens is 1. The molecule has 3 aromatic rings. The molecular weight excluding hydrogens is 402 g/mol. The van der Waals surface area contributed by atoms with E-state index in [1.165, 1.54) is 6.08 Å². The predicted octanol–water partition coefficient (Wildman–Crippen LogP) is 4.51. The van der Waals surface area contributed by atoms with Gasteiger partial charge in [-0.15, -0.1) is 0 Å². The number of aromatic nitrogens is 2. The van der Waals surface area contributed by atoms with Crippen molar-refractivity contribution >= 4 is 35.2 Å². The molecule has 7 heteroatoms. The third kappa shape index (κ3) is 5.48. The first kappa shape index (κ1) is 21.6. The molecule has 1 atom stereocenters. The van der Waals surface area contributed by atoms with E-state index in [9.17, 15) is 9.59 Å². The summed E-state index contributed by atoms with van der Waals surface area (Å²) in [6.07, 6.45) is 4.64. The van der Waals surface area contributed by atoms with Crippen molar-refractivity contribution in [2.24, 2.45) is 0 Å². The SMILES string of the molecule is Cc1ccc(C(CC(=O)OC(C)C)NC(=O)/C=C/c2c(Cl)nc3ccccn23)cc1. The van der Waals surface area contributed by atoms with Crippen LogP contribution in [0.25, 0.3) is 11.7 Å². The van der Waals surface area contributed by atoms with Gasteiger partial charge in [0.1, 0.15) is 5.65 Å². The number of nitrogens with zero attached hydrogens (tertiary/aromatic N) is 2. The highest BCUT2D eigenvalue weighted by Gasteiger charge is 2.19. The minimum atomic E-state index is -0.508. The van der Waals surface area contributed by atoms with Crippen molar-refractivity contribution in [1.29, 1.82) is 0 Å². The average molecular weight is 426 g/mol. The lowest BCUT2D eigenvalue weighted by Gasteiger charge is -2.19. The maximum absolute atomic E-state index is 12.6. The zero-order valence-corrected chi connectivity index (χ0v) is 17.9. The highest BCUT2D eigenvalue weighted by atomic mass is 35.5. The van der Waals surface area contributed by atoms with E-state index < -0.39 is 6.04 Å². The van der Waals surface area contributed by atoms with Crippen LogP contribution in [0.4, 0.5) is 0 Å². The summed E-state index contributed by atoms with van der Waals surface area (Å²) in [4.78, 5) is 29.1. The molecule has 0 saturated heterocycles. The molecule has 1 aromatic carbocycles. The first-order valence-electron chi connectivity index (χ1n) is 9.70. The predicted molar refractivity (Wildman–Crippen MR) is 117 cm³/mol. The number of rotatable bonds is 7. The molecule has 30 heavy (non-hydrogen) atoms. The minimum absolute atomic E-state index is 0.0389. The smallest absolute Gasteiger partial charge is 0.308 e. The number of nitrogens with one attached hydrogen (secondary N) is 1. The average Bonchev–Trinajstić information content (AvgIpc) is 3.01. The van der Waals surface area contributed by atoms with Gasteiger partial charge in [0, 0.05) is 12.3 Å². The van der Waals surface area contributed by atoms with E-state index in [1.54, 1.807) is 24.3 Å². The Morgan fingerprint density at radius 2 is 1.93 bits per heavy atom. The summed E-state index contributed by atoms with van der Waals surface area (Å²) >= 11 is 6.21. The topological polar surface area (TPSA) is 72.7 Å². The van der Waals surface area contributed by atoms with Crippen LogP contribution in [-0.4, -0.2) is 27.4 Å². The van der Waals surface area contributed by atoms with Crippen molar-refractivity contribution in [2.75, 3.05) is 0 Å². The highest BCUT2D eigenvalue weighted by Crippen LogP contribution is 2.21. The molecule has 1 N–H and O–H groups in total. The number of amides is 1. The van der Waals surface area contributed by atoms with Crippen molar-refractivity contribution in [3.8, 4) is 0 Å². The van der Waals surface area contributed by atoms with Crippen molar-refractivity contribution in [1.82, 2.24) is 14.7 Å². The molecule has 3 rings (SSSR count). The number of hydrogen-bond acceptors (Lipinski definition) is 4. The van der Waals surface area contributed by atoms with Crippen LogP contribution in [-0.2, 0) is 14.3 Å². The van der Waals surface area contributed by atoms with Gasteiger partial charge in [-0.3, -0.25) is 14.0 Å². The normalized spacial score (nSPS) is 12.4. The Morgan fingerprint density at radius 3 is 2.63 bits per heavy atom. The number of pyridine rings is 1. The first-order valence-corrected chi connectivity index (χ1v) is 10.1. The molecule has 0 aliphatic rings. The third-order valence-corrected chi connectivity index (χ3v) is 4.73. The van der Waals surface area contributed by atoms with Crippen LogP contribution in [0.1, 0.15) is 43.1 Å². The number of esters is 1. The Kier molecular flexibility index (Phi) is 6.90. The van der Waals surface area contributed by atoms with Crippen LogP contribution in [0.15, 0.2) is 54.7 Å². The standard InChI is InChI=1S/C23H24ClN3O3/c1-15(2)30-22(29)14-18(17-9-7-16(3)8-10-17)25-21(28)12-11-19-23(24)26-20-6-4-5-13-27(19)20/h4-13,15,18H,14H2,1-3H3,(H,25,28)/b12-11+. The Bertz CT molecular complexity index is 1070. The summed E-state index contributed by atoms with van der Waals surface area (Å²) in [5.41, 5.74) is 3.22. The highest BCUT2D eigenvalue weighted by molar-refractivity contribution is 6.31. The maximum atomic E-state index is 12.6. The van der Waals surface area contributed by atoms with Crippen molar-refractivity contribution in [2.45, 2.75) is 39.3 Å². The van der Waals surface area contributed by atoms with E-state index in [-0.39, 0.29) is 24.4 Å². The van der Waals surface area contributed by atoms with Crippen LogP contribution in [0.3, 0.4) is 0 Å². The Labute approximate surface area is 180 Å². The monoisotopic (exact) mass is 425 g/mol. The van der Waals surface area contributed by atoms with Gasteiger partial charge in [0.25, 0.3) is 0 Å². The van der Waals surface area contributed by atoms with Crippen LogP contribution in [0.5, 0.6) is 0 Å². The summed E-state index contributed by atoms with van der Waals surface area (Å²) in [6, 6.07) is 12.7. The van der Waals surface area contributed by atoms with Crippen LogP contribution < -0.4 is 5.32 Å². The van der Waals surface area contributed by atoms with Gasteiger partial charge in [-0.1, -0.05) is 47.5 Å². The number of ether oxygens (including phenoxy) is 1. The van der Waals surface area contributed by atoms with Crippen molar-refractivity contribution in [3.05, 3.63) is 76.7 Å². The molecule has 2 heterocycles. The zero-order chi connectivity index (χ0) is 21.7. The minimum Gasteiger partial charge on any atom is -0.463 e. The molecule has 6 nitrogen and oxygen atoms in total. The summed E-state index contributed by atoms with van der Waals surface area (Å²) in [7, 11) is 0. The fraction of sp³-hybridized carbons (Fsp3) is 0.261. The van der Waals surface area contributed by atoms with Crippen molar-refractivity contribution in [3.63, 3.8) is 0 Å². The van der Waals surface area contributed by atoms with Gasteiger partial charge in [0.2, 0.25) is 5.91 Å². The van der Waals surface area contributed by atoms with Crippen LogP contribution in [0.2, 0.25) is 5.15 Å². The van der Waals surface area contributed by atoms with Gasteiger partial charge in [-0.25, -0.2) is 4.98 Å². The quantitative estimate of drug-likeness (QED) is 0.446. The number of carbonyl (C=O) groups excluding carboxylic acids is 2. The van der Waals surface area contributed by atoms with Crippen LogP contribution >= 0.6 is 11.6 Å². The van der Waals surface area contributed by atoms with E-state index in [0.29, 0.717) is 16.5 Å². The number of imidazole rings is 1. The van der Waals surface area contributed by atoms with E-state index >= 15 is 0 Å². The number of fused-ring (bicyclic) bond motifs is 1. The molecule has 0 spiro atoms. The lowest BCUT2D eigenvalue weighted by Crippen LogP contribution is -2.29. The molecule has 0 radical (unpaired) electrons. The largest absolute Gasteiger partial charge is 0.463 e.